The van der Waals surface area contributed by atoms with E-state index in [0.29, 0.717) is 13.0 Å². The monoisotopic (exact) mass is 365 g/mol. The van der Waals surface area contributed by atoms with Crippen molar-refractivity contribution in [3.8, 4) is 0 Å². The maximum Gasteiger partial charge on any atom is 0.240 e. The Kier molecular flexibility index (Phi) is 5.61. The average Bonchev–Trinajstić information content (AvgIpc) is 2.49. The minimum absolute atomic E-state index is 0.206. The fourth-order valence-electron chi connectivity index (χ4n) is 2.23. The molecule has 7 nitrogen and oxygen atoms in total. The first kappa shape index (κ1) is 18.1. The van der Waals surface area contributed by atoms with Crippen LogP contribution < -0.4 is 14.8 Å². The molecule has 1 aromatic rings. The molecule has 3 N–H and O–H groups in total. The number of nitrogens with one attached hydrogen (secondary N) is 3. The standard InChI is InChI=1S/C13H20FN3O4S2/c1-2-22(18,19)17-13-6-5-11(8-12(13)14)23(20,21)16-10-4-3-7-15-9-10/h5-6,8,10,15-17H,2-4,7,9H2,1H3. The largest absolute Gasteiger partial charge is 0.315 e. The van der Waals surface area contributed by atoms with E-state index >= 15 is 0 Å². The van der Waals surface area contributed by atoms with Crippen LogP contribution in [0.25, 0.3) is 0 Å². The van der Waals surface area contributed by atoms with Gasteiger partial charge in [0.25, 0.3) is 0 Å². The predicted molar refractivity (Wildman–Crippen MR) is 85.7 cm³/mol. The van der Waals surface area contributed by atoms with Gasteiger partial charge in [0.15, 0.2) is 0 Å². The number of sulfonamides is 2. The molecule has 1 unspecified atom stereocenters. The molecule has 0 aromatic heterocycles. The number of anilines is 1. The van der Waals surface area contributed by atoms with Crippen molar-refractivity contribution in [1.82, 2.24) is 10.0 Å². The van der Waals surface area contributed by atoms with Gasteiger partial charge >= 0.3 is 0 Å². The molecule has 0 spiro atoms. The lowest BCUT2D eigenvalue weighted by Gasteiger charge is -2.23. The molecule has 0 radical (unpaired) electrons. The van der Waals surface area contributed by atoms with Crippen molar-refractivity contribution in [2.45, 2.75) is 30.7 Å². The molecule has 1 aliphatic heterocycles. The highest BCUT2D eigenvalue weighted by Gasteiger charge is 2.23. The molecule has 0 amide bonds. The predicted octanol–water partition coefficient (Wildman–Crippen LogP) is 0.618. The van der Waals surface area contributed by atoms with Gasteiger partial charge in [-0.1, -0.05) is 0 Å². The second kappa shape index (κ2) is 7.12. The summed E-state index contributed by atoms with van der Waals surface area (Å²) in [6.07, 6.45) is 1.57. The fourth-order valence-corrected chi connectivity index (χ4v) is 4.15. The lowest BCUT2D eigenvalue weighted by Crippen LogP contribution is -2.45. The van der Waals surface area contributed by atoms with Crippen LogP contribution in [0.3, 0.4) is 0 Å². The fraction of sp³-hybridized carbons (Fsp3) is 0.538. The van der Waals surface area contributed by atoms with Crippen LogP contribution in [0.2, 0.25) is 0 Å². The summed E-state index contributed by atoms with van der Waals surface area (Å²) in [4.78, 5) is -0.236. The summed E-state index contributed by atoms with van der Waals surface area (Å²) in [5, 5.41) is 3.08. The number of halogens is 1. The summed E-state index contributed by atoms with van der Waals surface area (Å²) >= 11 is 0. The van der Waals surface area contributed by atoms with Crippen LogP contribution in [0.5, 0.6) is 0 Å². The van der Waals surface area contributed by atoms with Gasteiger partial charge in [0.2, 0.25) is 20.0 Å². The molecule has 23 heavy (non-hydrogen) atoms. The van der Waals surface area contributed by atoms with Crippen molar-refractivity contribution >= 4 is 25.7 Å². The Morgan fingerprint density at radius 1 is 1.30 bits per heavy atom. The van der Waals surface area contributed by atoms with Crippen molar-refractivity contribution in [3.05, 3.63) is 24.0 Å². The molecule has 2 rings (SSSR count). The minimum Gasteiger partial charge on any atom is -0.315 e. The topological polar surface area (TPSA) is 104 Å². The molecule has 0 saturated carbocycles. The lowest BCUT2D eigenvalue weighted by molar-refractivity contribution is 0.428. The van der Waals surface area contributed by atoms with Gasteiger partial charge in [-0.3, -0.25) is 4.72 Å². The van der Waals surface area contributed by atoms with Gasteiger partial charge in [-0.2, -0.15) is 0 Å². The molecule has 130 valence electrons. The zero-order valence-corrected chi connectivity index (χ0v) is 14.3. The van der Waals surface area contributed by atoms with E-state index in [-0.39, 0.29) is 22.4 Å². The lowest BCUT2D eigenvalue weighted by atomic mass is 10.1. The molecule has 1 aromatic carbocycles. The summed E-state index contributed by atoms with van der Waals surface area (Å²) in [6.45, 7) is 2.79. The summed E-state index contributed by atoms with van der Waals surface area (Å²) in [5.41, 5.74) is -0.273. The van der Waals surface area contributed by atoms with Gasteiger partial charge in [-0.15, -0.1) is 0 Å². The van der Waals surface area contributed by atoms with E-state index in [0.717, 1.165) is 25.1 Å². The normalized spacial score (nSPS) is 19.5. The van der Waals surface area contributed by atoms with Gasteiger partial charge in [0.05, 0.1) is 16.3 Å². The molecular weight excluding hydrogens is 345 g/mol. The van der Waals surface area contributed by atoms with Crippen LogP contribution in [0.4, 0.5) is 10.1 Å². The molecule has 0 bridgehead atoms. The van der Waals surface area contributed by atoms with Crippen molar-refractivity contribution in [1.29, 1.82) is 0 Å². The van der Waals surface area contributed by atoms with E-state index in [1.807, 2.05) is 0 Å². The smallest absolute Gasteiger partial charge is 0.240 e. The first-order chi connectivity index (χ1) is 10.7. The highest BCUT2D eigenvalue weighted by atomic mass is 32.2. The van der Waals surface area contributed by atoms with E-state index in [1.165, 1.54) is 13.0 Å². The second-order valence-electron chi connectivity index (χ2n) is 5.31. The first-order valence-corrected chi connectivity index (χ1v) is 10.4. The number of hydrogen-bond donors (Lipinski definition) is 3. The Bertz CT molecular complexity index is 759. The van der Waals surface area contributed by atoms with Gasteiger partial charge in [0, 0.05) is 12.6 Å². The summed E-state index contributed by atoms with van der Waals surface area (Å²) in [7, 11) is -7.49. The SMILES string of the molecule is CCS(=O)(=O)Nc1ccc(S(=O)(=O)NC2CCCNC2)cc1F. The Balaban J connectivity index is 2.18. The van der Waals surface area contributed by atoms with Crippen molar-refractivity contribution in [2.75, 3.05) is 23.6 Å². The van der Waals surface area contributed by atoms with Gasteiger partial charge in [-0.05, 0) is 44.5 Å². The third kappa shape index (κ3) is 4.87. The molecule has 0 aliphatic carbocycles. The third-order valence-electron chi connectivity index (χ3n) is 3.52. The third-order valence-corrected chi connectivity index (χ3v) is 6.32. The van der Waals surface area contributed by atoms with E-state index in [9.17, 15) is 21.2 Å². The van der Waals surface area contributed by atoms with Gasteiger partial charge < -0.3 is 5.32 Å². The Morgan fingerprint density at radius 3 is 2.61 bits per heavy atom. The molecule has 1 heterocycles. The molecule has 1 saturated heterocycles. The van der Waals surface area contributed by atoms with Crippen LogP contribution in [0, 0.1) is 5.82 Å². The Hall–Kier alpha value is -1.23. The van der Waals surface area contributed by atoms with Gasteiger partial charge in [0.1, 0.15) is 5.82 Å². The average molecular weight is 365 g/mol. The van der Waals surface area contributed by atoms with Crippen molar-refractivity contribution in [3.63, 3.8) is 0 Å². The van der Waals surface area contributed by atoms with E-state index in [2.05, 4.69) is 14.8 Å². The van der Waals surface area contributed by atoms with Crippen LogP contribution in [-0.2, 0) is 20.0 Å². The van der Waals surface area contributed by atoms with E-state index in [4.69, 9.17) is 0 Å². The van der Waals surface area contributed by atoms with Crippen LogP contribution >= 0.6 is 0 Å². The quantitative estimate of drug-likeness (QED) is 0.685. The number of benzene rings is 1. The summed E-state index contributed by atoms with van der Waals surface area (Å²) in [6, 6.07) is 2.85. The highest BCUT2D eigenvalue weighted by molar-refractivity contribution is 7.92. The van der Waals surface area contributed by atoms with Crippen molar-refractivity contribution in [2.24, 2.45) is 0 Å². The summed E-state index contributed by atoms with van der Waals surface area (Å²) < 4.78 is 66.0. The second-order valence-corrected chi connectivity index (χ2v) is 9.04. The molecule has 1 atom stereocenters. The van der Waals surface area contributed by atoms with Crippen LogP contribution in [0.1, 0.15) is 19.8 Å². The zero-order chi connectivity index (χ0) is 17.1. The van der Waals surface area contributed by atoms with E-state index < -0.39 is 25.9 Å². The first-order valence-electron chi connectivity index (χ1n) is 7.26. The summed E-state index contributed by atoms with van der Waals surface area (Å²) in [5.74, 6) is -1.14. The number of piperidine rings is 1. The highest BCUT2D eigenvalue weighted by Crippen LogP contribution is 2.20. The molecule has 10 heteroatoms. The zero-order valence-electron chi connectivity index (χ0n) is 12.7. The maximum absolute atomic E-state index is 14.0. The van der Waals surface area contributed by atoms with Crippen molar-refractivity contribution < 1.29 is 21.2 Å². The Labute approximate surface area is 135 Å². The maximum atomic E-state index is 14.0. The van der Waals surface area contributed by atoms with E-state index in [1.54, 1.807) is 0 Å². The van der Waals surface area contributed by atoms with Gasteiger partial charge in [-0.25, -0.2) is 25.9 Å². The molecule has 1 aliphatic rings. The molecule has 1 fully saturated rings. The number of rotatable bonds is 6. The van der Waals surface area contributed by atoms with Crippen LogP contribution in [0.15, 0.2) is 23.1 Å². The molecular formula is C13H20FN3O4S2. The minimum atomic E-state index is -3.86. The van der Waals surface area contributed by atoms with Crippen LogP contribution in [-0.4, -0.2) is 41.7 Å². The number of hydrogen-bond acceptors (Lipinski definition) is 5. The Morgan fingerprint density at radius 2 is 2.04 bits per heavy atom.